The Morgan fingerprint density at radius 2 is 1.86 bits per heavy atom. The second-order valence-corrected chi connectivity index (χ2v) is 4.75. The van der Waals surface area contributed by atoms with E-state index < -0.39 is 22.2 Å². The Bertz CT molecular complexity index is 653. The van der Waals surface area contributed by atoms with Crippen molar-refractivity contribution in [1.29, 1.82) is 0 Å². The minimum Gasteiger partial charge on any atom is -0.364 e. The topological polar surface area (TPSA) is 77.1 Å². The first-order chi connectivity index (χ1) is 10.1. The van der Waals surface area contributed by atoms with E-state index in [2.05, 4.69) is 10.2 Å². The van der Waals surface area contributed by atoms with Gasteiger partial charge in [0.05, 0.1) is 35.5 Å². The lowest BCUT2D eigenvalue weighted by atomic mass is 10.2. The Labute approximate surface area is 117 Å². The summed E-state index contributed by atoms with van der Waals surface area (Å²) in [6.07, 6.45) is 3.72. The van der Waals surface area contributed by atoms with Crippen molar-refractivity contribution in [1.82, 2.24) is 15.0 Å². The van der Waals surface area contributed by atoms with Crippen LogP contribution in [0.1, 0.15) is 12.5 Å². The number of hydrogen-bond donors (Lipinski definition) is 0. The molecule has 1 aromatic heterocycles. The summed E-state index contributed by atoms with van der Waals surface area (Å²) in [5, 5.41) is 18.6. The van der Waals surface area contributed by atoms with Crippen LogP contribution >= 0.6 is 0 Å². The van der Waals surface area contributed by atoms with Crippen LogP contribution in [0.3, 0.4) is 0 Å². The minimum absolute atomic E-state index is 0.0750. The van der Waals surface area contributed by atoms with E-state index in [0.717, 1.165) is 12.1 Å². The molecule has 9 heteroatoms. The van der Waals surface area contributed by atoms with Crippen LogP contribution in [0.4, 0.5) is 20.2 Å². The average Bonchev–Trinajstić information content (AvgIpc) is 3.08. The zero-order valence-corrected chi connectivity index (χ0v) is 10.8. The molecule has 0 bridgehead atoms. The van der Waals surface area contributed by atoms with Gasteiger partial charge in [0.15, 0.2) is 11.6 Å². The molecule has 110 valence electrons. The van der Waals surface area contributed by atoms with Gasteiger partial charge in [-0.05, 0) is 6.42 Å². The third-order valence-corrected chi connectivity index (χ3v) is 3.46. The van der Waals surface area contributed by atoms with Gasteiger partial charge in [-0.3, -0.25) is 10.1 Å². The molecule has 21 heavy (non-hydrogen) atoms. The molecular formula is C12H11F2N5O2. The van der Waals surface area contributed by atoms with Gasteiger partial charge in [0.25, 0.3) is 5.69 Å². The second-order valence-electron chi connectivity index (χ2n) is 4.75. The summed E-state index contributed by atoms with van der Waals surface area (Å²) in [7, 11) is 0. The van der Waals surface area contributed by atoms with Crippen LogP contribution < -0.4 is 4.90 Å². The Hall–Kier alpha value is -2.58. The fourth-order valence-corrected chi connectivity index (χ4v) is 2.51. The average molecular weight is 295 g/mol. The Morgan fingerprint density at radius 3 is 2.43 bits per heavy atom. The number of non-ortho nitro benzene ring substituents is 1. The first kappa shape index (κ1) is 13.4. The largest absolute Gasteiger partial charge is 0.364 e. The molecule has 1 aliphatic rings. The van der Waals surface area contributed by atoms with Gasteiger partial charge in [0.1, 0.15) is 5.69 Å². The maximum Gasteiger partial charge on any atom is 0.275 e. The number of rotatable bonds is 3. The monoisotopic (exact) mass is 295 g/mol. The van der Waals surface area contributed by atoms with E-state index in [1.54, 1.807) is 0 Å². The van der Waals surface area contributed by atoms with Gasteiger partial charge in [-0.1, -0.05) is 0 Å². The predicted octanol–water partition coefficient (Wildman–Crippen LogP) is 1.92. The highest BCUT2D eigenvalue weighted by molar-refractivity contribution is 5.54. The Kier molecular flexibility index (Phi) is 3.24. The minimum atomic E-state index is -0.934. The molecule has 2 heterocycles. The van der Waals surface area contributed by atoms with E-state index >= 15 is 0 Å². The molecule has 0 amide bonds. The van der Waals surface area contributed by atoms with Crippen LogP contribution in [0.25, 0.3) is 0 Å². The van der Waals surface area contributed by atoms with Crippen LogP contribution in [-0.4, -0.2) is 33.0 Å². The molecule has 3 rings (SSSR count). The van der Waals surface area contributed by atoms with E-state index in [0.29, 0.717) is 19.5 Å². The van der Waals surface area contributed by atoms with Gasteiger partial charge < -0.3 is 4.90 Å². The quantitative estimate of drug-likeness (QED) is 0.638. The normalized spacial score (nSPS) is 18.2. The van der Waals surface area contributed by atoms with Crippen molar-refractivity contribution in [2.75, 3.05) is 18.0 Å². The standard InChI is InChI=1S/C12H11F2N5O2/c13-10-5-9(19(20)21)6-11(14)12(10)17-4-1-8(7-17)18-15-2-3-16-18/h2-3,5-6,8H,1,4,7H2. The van der Waals surface area contributed by atoms with Crippen molar-refractivity contribution in [3.05, 3.63) is 46.3 Å². The number of nitro benzene ring substituents is 1. The fourth-order valence-electron chi connectivity index (χ4n) is 2.51. The number of aromatic nitrogens is 3. The smallest absolute Gasteiger partial charge is 0.275 e. The van der Waals surface area contributed by atoms with Crippen LogP contribution in [0.2, 0.25) is 0 Å². The van der Waals surface area contributed by atoms with Crippen LogP contribution in [0.15, 0.2) is 24.5 Å². The predicted molar refractivity (Wildman–Crippen MR) is 68.9 cm³/mol. The molecule has 0 saturated carbocycles. The van der Waals surface area contributed by atoms with Gasteiger partial charge in [-0.15, -0.1) is 0 Å². The number of halogens is 2. The number of nitrogens with zero attached hydrogens (tertiary/aromatic N) is 5. The van der Waals surface area contributed by atoms with Crippen LogP contribution in [0.5, 0.6) is 0 Å². The summed E-state index contributed by atoms with van der Waals surface area (Å²) in [5.74, 6) is -1.87. The van der Waals surface area contributed by atoms with Crippen molar-refractivity contribution in [3.8, 4) is 0 Å². The summed E-state index contributed by atoms with van der Waals surface area (Å²) in [6, 6.07) is 1.39. The molecule has 0 aliphatic carbocycles. The van der Waals surface area contributed by atoms with Gasteiger partial charge in [-0.25, -0.2) is 8.78 Å². The molecule has 1 atom stereocenters. The van der Waals surface area contributed by atoms with Crippen molar-refractivity contribution in [2.45, 2.75) is 12.5 Å². The molecule has 1 aliphatic heterocycles. The SMILES string of the molecule is O=[N+]([O-])c1cc(F)c(N2CCC(n3nccn3)C2)c(F)c1. The van der Waals surface area contributed by atoms with Crippen molar-refractivity contribution < 1.29 is 13.7 Å². The van der Waals surface area contributed by atoms with Crippen LogP contribution in [-0.2, 0) is 0 Å². The van der Waals surface area contributed by atoms with Gasteiger partial charge in [0, 0.05) is 13.1 Å². The maximum absolute atomic E-state index is 14.0. The van der Waals surface area contributed by atoms with Crippen molar-refractivity contribution in [3.63, 3.8) is 0 Å². The third kappa shape index (κ3) is 2.41. The fraction of sp³-hybridized carbons (Fsp3) is 0.333. The first-order valence-electron chi connectivity index (χ1n) is 6.30. The highest BCUT2D eigenvalue weighted by atomic mass is 19.1. The van der Waals surface area contributed by atoms with E-state index in [1.165, 1.54) is 22.1 Å². The number of anilines is 1. The molecular weight excluding hydrogens is 284 g/mol. The lowest BCUT2D eigenvalue weighted by Gasteiger charge is -2.19. The lowest BCUT2D eigenvalue weighted by molar-refractivity contribution is -0.385. The highest BCUT2D eigenvalue weighted by Gasteiger charge is 2.30. The Morgan fingerprint density at radius 1 is 1.24 bits per heavy atom. The van der Waals surface area contributed by atoms with E-state index in [1.807, 2.05) is 0 Å². The summed E-state index contributed by atoms with van der Waals surface area (Å²) in [4.78, 5) is 12.8. The molecule has 1 saturated heterocycles. The number of benzene rings is 1. The zero-order chi connectivity index (χ0) is 15.0. The summed E-state index contributed by atoms with van der Waals surface area (Å²) >= 11 is 0. The molecule has 1 aromatic carbocycles. The van der Waals surface area contributed by atoms with E-state index in [9.17, 15) is 18.9 Å². The maximum atomic E-state index is 14.0. The van der Waals surface area contributed by atoms with Gasteiger partial charge >= 0.3 is 0 Å². The summed E-state index contributed by atoms with van der Waals surface area (Å²) < 4.78 is 27.9. The van der Waals surface area contributed by atoms with Gasteiger partial charge in [-0.2, -0.15) is 15.0 Å². The lowest BCUT2D eigenvalue weighted by Crippen LogP contribution is -2.24. The molecule has 0 spiro atoms. The third-order valence-electron chi connectivity index (χ3n) is 3.46. The molecule has 0 radical (unpaired) electrons. The van der Waals surface area contributed by atoms with Gasteiger partial charge in [0.2, 0.25) is 0 Å². The van der Waals surface area contributed by atoms with Crippen molar-refractivity contribution in [2.24, 2.45) is 0 Å². The molecule has 0 N–H and O–H groups in total. The molecule has 1 fully saturated rings. The van der Waals surface area contributed by atoms with Crippen LogP contribution in [0, 0.1) is 21.7 Å². The Balaban J connectivity index is 1.87. The highest BCUT2D eigenvalue weighted by Crippen LogP contribution is 2.32. The van der Waals surface area contributed by atoms with Crippen molar-refractivity contribution >= 4 is 11.4 Å². The number of hydrogen-bond acceptors (Lipinski definition) is 5. The second kappa shape index (κ2) is 5.08. The molecule has 1 unspecified atom stereocenters. The molecule has 7 nitrogen and oxygen atoms in total. The number of nitro groups is 1. The van der Waals surface area contributed by atoms with E-state index in [4.69, 9.17) is 0 Å². The molecule has 2 aromatic rings. The zero-order valence-electron chi connectivity index (χ0n) is 10.8. The summed E-state index contributed by atoms with van der Waals surface area (Å²) in [5.41, 5.74) is -0.839. The van der Waals surface area contributed by atoms with E-state index in [-0.39, 0.29) is 11.7 Å². The first-order valence-corrected chi connectivity index (χ1v) is 6.30. The summed E-state index contributed by atoms with van der Waals surface area (Å²) in [6.45, 7) is 0.776.